The molecule has 1 aromatic carbocycles. The molecule has 0 saturated heterocycles. The lowest BCUT2D eigenvalue weighted by Crippen LogP contribution is -2.34. The van der Waals surface area contributed by atoms with Gasteiger partial charge in [0.15, 0.2) is 0 Å². The molecule has 0 aliphatic heterocycles. The summed E-state index contributed by atoms with van der Waals surface area (Å²) in [5.41, 5.74) is 0.341. The Bertz CT molecular complexity index is 481. The second kappa shape index (κ2) is 10.2. The van der Waals surface area contributed by atoms with Crippen LogP contribution in [-0.2, 0) is 19.0 Å². The maximum atomic E-state index is 11.9. The zero-order chi connectivity index (χ0) is 18.0. The molecule has 0 heterocycles. The van der Waals surface area contributed by atoms with E-state index in [1.807, 2.05) is 45.0 Å². The molecule has 0 radical (unpaired) electrons. The summed E-state index contributed by atoms with van der Waals surface area (Å²) in [5.74, 6) is 0.469. The lowest BCUT2D eigenvalue weighted by molar-refractivity contribution is -0.155. The molecule has 1 N–H and O–H groups in total. The Morgan fingerprint density at radius 3 is 2.29 bits per heavy atom. The Morgan fingerprint density at radius 2 is 1.71 bits per heavy atom. The minimum atomic E-state index is -0.490. The first-order valence-corrected chi connectivity index (χ1v) is 8.11. The molecule has 6 nitrogen and oxygen atoms in total. The van der Waals surface area contributed by atoms with E-state index >= 15 is 0 Å². The van der Waals surface area contributed by atoms with Crippen molar-refractivity contribution in [2.45, 2.75) is 39.3 Å². The van der Waals surface area contributed by atoms with Gasteiger partial charge in [-0.15, -0.1) is 0 Å². The molecule has 1 aromatic rings. The summed E-state index contributed by atoms with van der Waals surface area (Å²) in [5, 5.41) is 3.11. The summed E-state index contributed by atoms with van der Waals surface area (Å²) in [6, 6.07) is 6.99. The van der Waals surface area contributed by atoms with E-state index in [2.05, 4.69) is 5.32 Å². The lowest BCUT2D eigenvalue weighted by atomic mass is 10.2. The van der Waals surface area contributed by atoms with Gasteiger partial charge < -0.3 is 24.3 Å². The molecule has 1 rings (SSSR count). The van der Waals surface area contributed by atoms with Crippen molar-refractivity contribution in [3.63, 3.8) is 0 Å². The van der Waals surface area contributed by atoms with E-state index in [-0.39, 0.29) is 5.97 Å². The molecule has 0 unspecified atom stereocenters. The monoisotopic (exact) mass is 339 g/mol. The number of nitrogens with one attached hydrogen (secondary N) is 1. The quantitative estimate of drug-likeness (QED) is 0.522. The predicted molar refractivity (Wildman–Crippen MR) is 93.6 cm³/mol. The molecular weight excluding hydrogens is 310 g/mol. The number of hydrogen-bond donors (Lipinski definition) is 1. The Balaban J connectivity index is 2.35. The standard InChI is InChI=1S/C18H29NO5/c1-14(17(20)24-18(2,3)4)19-15-6-8-16(9-7-15)23-13-12-22-11-10-21-5/h6-9,14,19H,10-13H2,1-5H3/t14-/m0/s1. The van der Waals surface area contributed by atoms with E-state index in [9.17, 15) is 4.79 Å². The maximum absolute atomic E-state index is 11.9. The molecule has 0 aromatic heterocycles. The smallest absolute Gasteiger partial charge is 0.328 e. The van der Waals surface area contributed by atoms with Gasteiger partial charge >= 0.3 is 5.97 Å². The highest BCUT2D eigenvalue weighted by Gasteiger charge is 2.21. The van der Waals surface area contributed by atoms with E-state index in [1.54, 1.807) is 14.0 Å². The summed E-state index contributed by atoms with van der Waals surface area (Å²) < 4.78 is 21.1. The fourth-order valence-electron chi connectivity index (χ4n) is 1.81. The third kappa shape index (κ3) is 8.74. The minimum Gasteiger partial charge on any atom is -0.491 e. The van der Waals surface area contributed by atoms with Crippen LogP contribution in [-0.4, -0.2) is 51.1 Å². The van der Waals surface area contributed by atoms with E-state index in [4.69, 9.17) is 18.9 Å². The Kier molecular flexibility index (Phi) is 8.57. The van der Waals surface area contributed by atoms with Crippen LogP contribution in [0.4, 0.5) is 5.69 Å². The van der Waals surface area contributed by atoms with Crippen LogP contribution >= 0.6 is 0 Å². The molecule has 0 bridgehead atoms. The number of methoxy groups -OCH3 is 1. The van der Waals surface area contributed by atoms with E-state index in [0.29, 0.717) is 26.4 Å². The molecule has 6 heteroatoms. The lowest BCUT2D eigenvalue weighted by Gasteiger charge is -2.23. The number of rotatable bonds is 10. The number of anilines is 1. The first-order valence-electron chi connectivity index (χ1n) is 8.11. The Hall–Kier alpha value is -1.79. The second-order valence-electron chi connectivity index (χ2n) is 6.38. The fourth-order valence-corrected chi connectivity index (χ4v) is 1.81. The molecule has 136 valence electrons. The number of benzene rings is 1. The van der Waals surface area contributed by atoms with Gasteiger partial charge in [0.2, 0.25) is 0 Å². The molecule has 24 heavy (non-hydrogen) atoms. The molecule has 0 aliphatic rings. The number of carbonyl (C=O) groups excluding carboxylic acids is 1. The van der Waals surface area contributed by atoms with Gasteiger partial charge in [0.05, 0.1) is 19.8 Å². The van der Waals surface area contributed by atoms with Gasteiger partial charge in [0, 0.05) is 12.8 Å². The summed E-state index contributed by atoms with van der Waals surface area (Å²) in [6.45, 7) is 9.45. The fraction of sp³-hybridized carbons (Fsp3) is 0.611. The molecule has 0 aliphatic carbocycles. The average Bonchev–Trinajstić information content (AvgIpc) is 2.50. The Labute approximate surface area is 144 Å². The van der Waals surface area contributed by atoms with Crippen molar-refractivity contribution in [3.05, 3.63) is 24.3 Å². The SMILES string of the molecule is COCCOCCOc1ccc(N[C@@H](C)C(=O)OC(C)(C)C)cc1. The average molecular weight is 339 g/mol. The van der Waals surface area contributed by atoms with Gasteiger partial charge in [0.1, 0.15) is 24.0 Å². The maximum Gasteiger partial charge on any atom is 0.328 e. The highest BCUT2D eigenvalue weighted by atomic mass is 16.6. The number of esters is 1. The van der Waals surface area contributed by atoms with Crippen molar-refractivity contribution < 1.29 is 23.7 Å². The van der Waals surface area contributed by atoms with Crippen molar-refractivity contribution in [1.29, 1.82) is 0 Å². The van der Waals surface area contributed by atoms with Crippen LogP contribution in [0.2, 0.25) is 0 Å². The summed E-state index contributed by atoms with van der Waals surface area (Å²) >= 11 is 0. The molecule has 0 fully saturated rings. The highest BCUT2D eigenvalue weighted by Crippen LogP contribution is 2.17. The topological polar surface area (TPSA) is 66.0 Å². The van der Waals surface area contributed by atoms with Crippen molar-refractivity contribution in [2.75, 3.05) is 38.9 Å². The molecule has 0 spiro atoms. The molecule has 0 amide bonds. The van der Waals surface area contributed by atoms with Gasteiger partial charge in [-0.1, -0.05) is 0 Å². The van der Waals surface area contributed by atoms with Crippen molar-refractivity contribution in [2.24, 2.45) is 0 Å². The third-order valence-electron chi connectivity index (χ3n) is 2.93. The van der Waals surface area contributed by atoms with E-state index < -0.39 is 11.6 Å². The van der Waals surface area contributed by atoms with Gasteiger partial charge in [-0.2, -0.15) is 0 Å². The van der Waals surface area contributed by atoms with Crippen LogP contribution in [0.1, 0.15) is 27.7 Å². The zero-order valence-corrected chi connectivity index (χ0v) is 15.3. The minimum absolute atomic E-state index is 0.281. The largest absolute Gasteiger partial charge is 0.491 e. The number of ether oxygens (including phenoxy) is 4. The van der Waals surface area contributed by atoms with Crippen molar-refractivity contribution >= 4 is 11.7 Å². The first kappa shape index (κ1) is 20.3. The van der Waals surface area contributed by atoms with Gasteiger partial charge in [-0.05, 0) is 52.0 Å². The summed E-state index contributed by atoms with van der Waals surface area (Å²) in [6.07, 6.45) is 0. The van der Waals surface area contributed by atoms with Gasteiger partial charge in [-0.25, -0.2) is 4.79 Å². The van der Waals surface area contributed by atoms with Crippen LogP contribution in [0.3, 0.4) is 0 Å². The molecular formula is C18H29NO5. The van der Waals surface area contributed by atoms with E-state index in [1.165, 1.54) is 0 Å². The van der Waals surface area contributed by atoms with E-state index in [0.717, 1.165) is 11.4 Å². The van der Waals surface area contributed by atoms with Crippen molar-refractivity contribution in [1.82, 2.24) is 0 Å². The van der Waals surface area contributed by atoms with Crippen LogP contribution < -0.4 is 10.1 Å². The molecule has 0 saturated carbocycles. The van der Waals surface area contributed by atoms with Crippen LogP contribution in [0, 0.1) is 0 Å². The zero-order valence-electron chi connectivity index (χ0n) is 15.3. The van der Waals surface area contributed by atoms with Gasteiger partial charge in [-0.3, -0.25) is 0 Å². The normalized spacial score (nSPS) is 12.5. The van der Waals surface area contributed by atoms with Gasteiger partial charge in [0.25, 0.3) is 0 Å². The number of hydrogen-bond acceptors (Lipinski definition) is 6. The van der Waals surface area contributed by atoms with Crippen LogP contribution in [0.15, 0.2) is 24.3 Å². The highest BCUT2D eigenvalue weighted by molar-refractivity contribution is 5.79. The molecule has 1 atom stereocenters. The van der Waals surface area contributed by atoms with Crippen molar-refractivity contribution in [3.8, 4) is 5.75 Å². The van der Waals surface area contributed by atoms with Crippen LogP contribution in [0.25, 0.3) is 0 Å². The van der Waals surface area contributed by atoms with Crippen LogP contribution in [0.5, 0.6) is 5.75 Å². The predicted octanol–water partition coefficient (Wildman–Crippen LogP) is 2.87. The third-order valence-corrected chi connectivity index (χ3v) is 2.93. The second-order valence-corrected chi connectivity index (χ2v) is 6.38. The number of carbonyl (C=O) groups is 1. The first-order chi connectivity index (χ1) is 11.3. The Morgan fingerprint density at radius 1 is 1.08 bits per heavy atom. The summed E-state index contributed by atoms with van der Waals surface area (Å²) in [4.78, 5) is 11.9. The summed E-state index contributed by atoms with van der Waals surface area (Å²) in [7, 11) is 1.64.